The van der Waals surface area contributed by atoms with Gasteiger partial charge in [-0.25, -0.2) is 4.39 Å². The first-order valence-electron chi connectivity index (χ1n) is 12.0. The Balaban J connectivity index is 1.30. The molecule has 1 aromatic rings. The van der Waals surface area contributed by atoms with Crippen molar-refractivity contribution in [3.8, 4) is 5.75 Å². The van der Waals surface area contributed by atoms with Crippen molar-refractivity contribution in [3.63, 3.8) is 0 Å². The van der Waals surface area contributed by atoms with Crippen LogP contribution in [0.1, 0.15) is 69.8 Å². The predicted molar refractivity (Wildman–Crippen MR) is 123 cm³/mol. The highest BCUT2D eigenvalue weighted by atomic mass is 19.1. The number of benzene rings is 1. The van der Waals surface area contributed by atoms with Crippen molar-refractivity contribution in [2.75, 3.05) is 26.8 Å². The molecule has 32 heavy (non-hydrogen) atoms. The molecule has 0 spiro atoms. The van der Waals surface area contributed by atoms with Crippen molar-refractivity contribution in [3.05, 3.63) is 41.7 Å². The maximum Gasteiger partial charge on any atom is 0.226 e. The smallest absolute Gasteiger partial charge is 0.226 e. The second-order valence-corrected chi connectivity index (χ2v) is 10.1. The van der Waals surface area contributed by atoms with Gasteiger partial charge in [0.25, 0.3) is 0 Å². The molecule has 176 valence electrons. The van der Waals surface area contributed by atoms with E-state index >= 15 is 0 Å². The van der Waals surface area contributed by atoms with E-state index in [0.717, 1.165) is 63.5 Å². The third-order valence-corrected chi connectivity index (χ3v) is 8.60. The largest absolute Gasteiger partial charge is 0.489 e. The molecule has 3 N–H and O–H groups in total. The number of carbonyl (C=O) groups excluding carboxylic acids is 1. The number of hydrogen-bond donors (Lipinski definition) is 2. The Labute approximate surface area is 190 Å². The summed E-state index contributed by atoms with van der Waals surface area (Å²) in [5, 5.41) is 3.24. The summed E-state index contributed by atoms with van der Waals surface area (Å²) in [5.74, 6) is 0.968. The van der Waals surface area contributed by atoms with E-state index in [1.807, 2.05) is 12.1 Å². The van der Waals surface area contributed by atoms with Crippen molar-refractivity contribution in [1.29, 1.82) is 0 Å². The fourth-order valence-corrected chi connectivity index (χ4v) is 5.89. The Morgan fingerprint density at radius 3 is 2.25 bits per heavy atom. The van der Waals surface area contributed by atoms with Crippen LogP contribution in [-0.4, -0.2) is 38.3 Å². The molecule has 1 amide bonds. The molecule has 0 unspecified atom stereocenters. The highest BCUT2D eigenvalue weighted by molar-refractivity contribution is 5.83. The zero-order valence-electron chi connectivity index (χ0n) is 19.3. The van der Waals surface area contributed by atoms with Gasteiger partial charge in [0.2, 0.25) is 5.91 Å². The van der Waals surface area contributed by atoms with E-state index in [0.29, 0.717) is 18.4 Å². The van der Waals surface area contributed by atoms with Crippen LogP contribution >= 0.6 is 0 Å². The van der Waals surface area contributed by atoms with Gasteiger partial charge in [-0.15, -0.1) is 0 Å². The summed E-state index contributed by atoms with van der Waals surface area (Å²) in [6.07, 6.45) is 10.9. The van der Waals surface area contributed by atoms with Gasteiger partial charge in [0.15, 0.2) is 0 Å². The quantitative estimate of drug-likeness (QED) is 0.555. The lowest BCUT2D eigenvalue weighted by Gasteiger charge is -2.53. The van der Waals surface area contributed by atoms with Gasteiger partial charge >= 0.3 is 0 Å². The van der Waals surface area contributed by atoms with Gasteiger partial charge in [-0.3, -0.25) is 4.79 Å². The van der Waals surface area contributed by atoms with Crippen LogP contribution in [-0.2, 0) is 14.9 Å². The molecule has 4 saturated carbocycles. The fourth-order valence-electron chi connectivity index (χ4n) is 5.89. The molecule has 0 heterocycles. The van der Waals surface area contributed by atoms with Crippen LogP contribution < -0.4 is 15.8 Å². The van der Waals surface area contributed by atoms with Crippen molar-refractivity contribution >= 4 is 5.91 Å². The molecule has 0 atom stereocenters. The first kappa shape index (κ1) is 23.2. The van der Waals surface area contributed by atoms with Crippen molar-refractivity contribution in [1.82, 2.24) is 5.32 Å². The molecule has 0 saturated heterocycles. The lowest BCUT2D eigenvalue weighted by atomic mass is 9.51. The number of fused-ring (bicyclic) bond motifs is 3. The van der Waals surface area contributed by atoms with E-state index in [-0.39, 0.29) is 35.5 Å². The topological polar surface area (TPSA) is 73.6 Å². The molecule has 5 rings (SSSR count). The summed E-state index contributed by atoms with van der Waals surface area (Å²) >= 11 is 0. The Hall–Kier alpha value is -1.92. The molecule has 4 aliphatic carbocycles. The molecular formula is C26H37FN2O3. The van der Waals surface area contributed by atoms with E-state index in [2.05, 4.69) is 17.4 Å². The standard InChI is InChI=1S/C26H37FN2O3/c1-31-26(7-2-8-26)15-16-29-23(30)25-12-9-24(10-13-25,11-14-25)21-3-5-22(6-4-21)32-19-20(17-27)18-28/h3-6,17H,2,7-16,18-19,28H2,1H3,(H,29,30)/b20-17+. The average molecular weight is 445 g/mol. The SMILES string of the molecule is COC1(CCNC(=O)C23CCC(c4ccc(OC/C(=C/F)CN)cc4)(CC2)CC3)CCC1. The van der Waals surface area contributed by atoms with Crippen LogP contribution in [0.4, 0.5) is 4.39 Å². The lowest BCUT2D eigenvalue weighted by molar-refractivity contribution is -0.138. The Morgan fingerprint density at radius 1 is 1.09 bits per heavy atom. The maximum atomic E-state index is 13.1. The third-order valence-electron chi connectivity index (χ3n) is 8.60. The van der Waals surface area contributed by atoms with Gasteiger partial charge in [0, 0.05) is 31.2 Å². The van der Waals surface area contributed by atoms with E-state index in [1.54, 1.807) is 7.11 Å². The second-order valence-electron chi connectivity index (χ2n) is 10.1. The lowest BCUT2D eigenvalue weighted by Crippen LogP contribution is -2.52. The van der Waals surface area contributed by atoms with E-state index in [9.17, 15) is 9.18 Å². The Bertz CT molecular complexity index is 802. The van der Waals surface area contributed by atoms with E-state index in [1.165, 1.54) is 12.0 Å². The van der Waals surface area contributed by atoms with Crippen LogP contribution in [0, 0.1) is 5.41 Å². The average Bonchev–Trinajstić information content (AvgIpc) is 2.83. The predicted octanol–water partition coefficient (Wildman–Crippen LogP) is 4.54. The third kappa shape index (κ3) is 4.44. The number of rotatable bonds is 10. The number of amides is 1. The van der Waals surface area contributed by atoms with Gasteiger partial charge < -0.3 is 20.5 Å². The summed E-state index contributed by atoms with van der Waals surface area (Å²) in [4.78, 5) is 13.1. The van der Waals surface area contributed by atoms with Gasteiger partial charge in [-0.2, -0.15) is 0 Å². The van der Waals surface area contributed by atoms with Gasteiger partial charge in [0.1, 0.15) is 12.4 Å². The van der Waals surface area contributed by atoms with Crippen molar-refractivity contribution < 1.29 is 18.7 Å². The van der Waals surface area contributed by atoms with Crippen molar-refractivity contribution in [2.45, 2.75) is 75.2 Å². The van der Waals surface area contributed by atoms with E-state index in [4.69, 9.17) is 15.2 Å². The van der Waals surface area contributed by atoms with Crippen molar-refractivity contribution in [2.24, 2.45) is 11.1 Å². The maximum absolute atomic E-state index is 13.1. The van der Waals surface area contributed by atoms with Gasteiger partial charge in [0.05, 0.1) is 11.9 Å². The molecule has 0 radical (unpaired) electrons. The first-order chi connectivity index (χ1) is 15.5. The van der Waals surface area contributed by atoms with E-state index < -0.39 is 0 Å². The minimum atomic E-state index is -0.192. The number of ether oxygens (including phenoxy) is 2. The summed E-state index contributed by atoms with van der Waals surface area (Å²) in [5.41, 5.74) is 7.21. The number of hydrogen-bond acceptors (Lipinski definition) is 4. The highest BCUT2D eigenvalue weighted by Crippen LogP contribution is 2.58. The summed E-state index contributed by atoms with van der Waals surface area (Å²) < 4.78 is 24.0. The molecule has 0 aromatic heterocycles. The summed E-state index contributed by atoms with van der Waals surface area (Å²) in [7, 11) is 1.79. The molecule has 4 fully saturated rings. The molecule has 5 nitrogen and oxygen atoms in total. The van der Waals surface area contributed by atoms with Gasteiger partial charge in [-0.05, 0) is 87.3 Å². The van der Waals surface area contributed by atoms with Gasteiger partial charge in [-0.1, -0.05) is 12.1 Å². The minimum absolute atomic E-state index is 0.00313. The van der Waals surface area contributed by atoms with Crippen LogP contribution in [0.25, 0.3) is 0 Å². The number of nitrogens with one attached hydrogen (secondary N) is 1. The Kier molecular flexibility index (Phi) is 6.91. The first-order valence-corrected chi connectivity index (χ1v) is 12.0. The molecule has 2 bridgehead atoms. The number of methoxy groups -OCH3 is 1. The molecule has 4 aliphatic rings. The summed E-state index contributed by atoms with van der Waals surface area (Å²) in [6, 6.07) is 8.20. The molecular weight excluding hydrogens is 407 g/mol. The normalized spacial score (nSPS) is 28.8. The second kappa shape index (κ2) is 9.52. The van der Waals surface area contributed by atoms with Crippen LogP contribution in [0.5, 0.6) is 5.75 Å². The summed E-state index contributed by atoms with van der Waals surface area (Å²) in [6.45, 7) is 1.03. The molecule has 0 aliphatic heterocycles. The number of carbonyl (C=O) groups is 1. The minimum Gasteiger partial charge on any atom is -0.489 e. The fraction of sp³-hybridized carbons (Fsp3) is 0.654. The number of nitrogens with two attached hydrogens (primary N) is 1. The van der Waals surface area contributed by atoms with Crippen LogP contribution in [0.15, 0.2) is 36.2 Å². The zero-order valence-corrected chi connectivity index (χ0v) is 19.3. The number of halogens is 1. The monoisotopic (exact) mass is 444 g/mol. The highest BCUT2D eigenvalue weighted by Gasteiger charge is 2.52. The Morgan fingerprint density at radius 2 is 1.75 bits per heavy atom. The van der Waals surface area contributed by atoms with Crippen LogP contribution in [0.2, 0.25) is 0 Å². The molecule has 1 aromatic carbocycles. The van der Waals surface area contributed by atoms with Crippen LogP contribution in [0.3, 0.4) is 0 Å². The zero-order chi connectivity index (χ0) is 22.7. The molecule has 6 heteroatoms.